The number of rotatable bonds is 14. The second-order valence-corrected chi connectivity index (χ2v) is 19.6. The standard InChI is InChI=1S/C31H45F4N9O3Si/c1-18(2)44-22(12-13-37-44)28(45)39-26(25(19-8-9-19)20-10-11-20)29(46)38-21-15-42(40-27(21)32)24(16-47-48(6,7)30(3,4)5)23-14-36-41-43(23)17-31(33,34)35/h12-15,18-20,24-26H,8-11,16-17H2,1-7H3,(H,38,46)(H,39,45)/t24?,26-/m0/s1. The van der Waals surface area contributed by atoms with Gasteiger partial charge in [0.25, 0.3) is 11.9 Å². The number of hydrogen-bond donors (Lipinski definition) is 2. The van der Waals surface area contributed by atoms with E-state index in [1.807, 2.05) is 47.7 Å². The quantitative estimate of drug-likeness (QED) is 0.162. The van der Waals surface area contributed by atoms with Crippen LogP contribution in [0.1, 0.15) is 88.6 Å². The first-order valence-electron chi connectivity index (χ1n) is 16.3. The van der Waals surface area contributed by atoms with E-state index in [9.17, 15) is 22.8 Å². The maximum Gasteiger partial charge on any atom is 0.408 e. The zero-order valence-electron chi connectivity index (χ0n) is 28.4. The van der Waals surface area contributed by atoms with E-state index in [2.05, 4.69) is 31.1 Å². The predicted octanol–water partition coefficient (Wildman–Crippen LogP) is 5.74. The van der Waals surface area contributed by atoms with E-state index < -0.39 is 50.9 Å². The Hall–Kier alpha value is -3.60. The van der Waals surface area contributed by atoms with Crippen molar-refractivity contribution < 1.29 is 31.6 Å². The highest BCUT2D eigenvalue weighted by Gasteiger charge is 2.49. The largest absolute Gasteiger partial charge is 0.414 e. The van der Waals surface area contributed by atoms with Crippen LogP contribution in [0.3, 0.4) is 0 Å². The Morgan fingerprint density at radius 2 is 1.75 bits per heavy atom. The van der Waals surface area contributed by atoms with Crippen LogP contribution >= 0.6 is 0 Å². The van der Waals surface area contributed by atoms with Gasteiger partial charge in [-0.25, -0.2) is 4.68 Å². The minimum Gasteiger partial charge on any atom is -0.414 e. The summed E-state index contributed by atoms with van der Waals surface area (Å²) in [5.74, 6) is -1.70. The Balaban J connectivity index is 1.43. The number of nitrogens with zero attached hydrogens (tertiary/aromatic N) is 7. The minimum absolute atomic E-state index is 0.0147. The van der Waals surface area contributed by atoms with Crippen LogP contribution in [0.4, 0.5) is 23.2 Å². The number of aromatic nitrogens is 7. The van der Waals surface area contributed by atoms with Crippen LogP contribution in [0.2, 0.25) is 18.1 Å². The van der Waals surface area contributed by atoms with E-state index in [0.29, 0.717) is 10.4 Å². The third kappa shape index (κ3) is 8.15. The molecular formula is C31H45F4N9O3Si. The number of hydrogen-bond acceptors (Lipinski definition) is 7. The number of alkyl halides is 3. The van der Waals surface area contributed by atoms with Crippen LogP contribution in [0, 0.1) is 23.7 Å². The van der Waals surface area contributed by atoms with E-state index in [1.165, 1.54) is 18.6 Å². The summed E-state index contributed by atoms with van der Waals surface area (Å²) in [4.78, 5) is 27.4. The highest BCUT2D eigenvalue weighted by atomic mass is 28.4. The lowest BCUT2D eigenvalue weighted by molar-refractivity contribution is -0.143. The first-order valence-corrected chi connectivity index (χ1v) is 19.3. The molecule has 3 aromatic rings. The van der Waals surface area contributed by atoms with E-state index in [4.69, 9.17) is 4.43 Å². The average Bonchev–Trinajstić information content (AvgIpc) is 3.86. The van der Waals surface area contributed by atoms with Gasteiger partial charge in [-0.1, -0.05) is 26.0 Å². The zero-order chi connectivity index (χ0) is 35.2. The molecule has 17 heteroatoms. The van der Waals surface area contributed by atoms with Gasteiger partial charge in [0.2, 0.25) is 5.91 Å². The van der Waals surface area contributed by atoms with Gasteiger partial charge in [-0.15, -0.1) is 10.2 Å². The molecule has 0 aromatic carbocycles. The highest BCUT2D eigenvalue weighted by molar-refractivity contribution is 6.74. The van der Waals surface area contributed by atoms with Crippen molar-refractivity contribution in [3.63, 3.8) is 0 Å². The van der Waals surface area contributed by atoms with Gasteiger partial charge in [0.15, 0.2) is 8.32 Å². The van der Waals surface area contributed by atoms with Crippen LogP contribution < -0.4 is 10.6 Å². The lowest BCUT2D eigenvalue weighted by Gasteiger charge is -2.37. The van der Waals surface area contributed by atoms with Crippen LogP contribution in [0.15, 0.2) is 24.7 Å². The molecule has 5 rings (SSSR count). The summed E-state index contributed by atoms with van der Waals surface area (Å²) in [5.41, 5.74) is 0.0469. The summed E-state index contributed by atoms with van der Waals surface area (Å²) in [5, 5.41) is 20.9. The van der Waals surface area contributed by atoms with Crippen molar-refractivity contribution >= 4 is 25.8 Å². The third-order valence-electron chi connectivity index (χ3n) is 9.67. The van der Waals surface area contributed by atoms with Gasteiger partial charge in [0, 0.05) is 12.2 Å². The molecule has 2 amide bonds. The molecule has 2 N–H and O–H groups in total. The molecule has 1 unspecified atom stereocenters. The first kappa shape index (κ1) is 35.7. The van der Waals surface area contributed by atoms with Crippen molar-refractivity contribution in [1.29, 1.82) is 0 Å². The average molecular weight is 696 g/mol. The lowest BCUT2D eigenvalue weighted by Crippen LogP contribution is -2.50. The normalized spacial score (nSPS) is 17.2. The monoisotopic (exact) mass is 695 g/mol. The minimum atomic E-state index is -4.59. The van der Waals surface area contributed by atoms with Gasteiger partial charge in [0.1, 0.15) is 30.0 Å². The van der Waals surface area contributed by atoms with Crippen LogP contribution in [-0.4, -0.2) is 73.5 Å². The zero-order valence-corrected chi connectivity index (χ0v) is 29.4. The van der Waals surface area contributed by atoms with Crippen LogP contribution in [-0.2, 0) is 15.8 Å². The summed E-state index contributed by atoms with van der Waals surface area (Å²) >= 11 is 0. The molecule has 0 saturated heterocycles. The highest BCUT2D eigenvalue weighted by Crippen LogP contribution is 2.51. The maximum absolute atomic E-state index is 15.5. The fourth-order valence-corrected chi connectivity index (χ4v) is 6.80. The Bertz CT molecular complexity index is 1590. The molecule has 3 heterocycles. The molecule has 0 bridgehead atoms. The van der Waals surface area contributed by atoms with Crippen molar-refractivity contribution in [2.24, 2.45) is 17.8 Å². The Labute approximate surface area is 278 Å². The van der Waals surface area contributed by atoms with Crippen molar-refractivity contribution in [2.75, 3.05) is 11.9 Å². The summed E-state index contributed by atoms with van der Waals surface area (Å²) in [6.07, 6.45) is 3.08. The van der Waals surface area contributed by atoms with Crippen LogP contribution in [0.5, 0.6) is 0 Å². The number of nitrogens with one attached hydrogen (secondary N) is 2. The van der Waals surface area contributed by atoms with Gasteiger partial charge in [-0.2, -0.15) is 22.7 Å². The molecule has 0 radical (unpaired) electrons. The number of halogens is 4. The second-order valence-electron chi connectivity index (χ2n) is 14.8. The first-order chi connectivity index (χ1) is 22.4. The molecule has 0 aliphatic heterocycles. The molecule has 0 spiro atoms. The molecule has 264 valence electrons. The van der Waals surface area contributed by atoms with Crippen molar-refractivity contribution in [2.45, 2.75) is 109 Å². The molecule has 2 atom stereocenters. The van der Waals surface area contributed by atoms with Crippen molar-refractivity contribution in [1.82, 2.24) is 39.9 Å². The number of carbonyl (C=O) groups excluding carboxylic acids is 2. The molecule has 48 heavy (non-hydrogen) atoms. The summed E-state index contributed by atoms with van der Waals surface area (Å²) in [7, 11) is -2.42. The molecule has 2 aliphatic rings. The van der Waals surface area contributed by atoms with Crippen LogP contribution in [0.25, 0.3) is 0 Å². The maximum atomic E-state index is 15.5. The van der Waals surface area contributed by atoms with Gasteiger partial charge in [-0.05, 0) is 81.5 Å². The van der Waals surface area contributed by atoms with E-state index >= 15 is 4.39 Å². The number of anilines is 1. The third-order valence-corrected chi connectivity index (χ3v) is 14.2. The summed E-state index contributed by atoms with van der Waals surface area (Å²) in [6, 6.07) is -0.506. The number of amides is 2. The van der Waals surface area contributed by atoms with E-state index in [0.717, 1.165) is 30.4 Å². The number of carbonyl (C=O) groups is 2. The molecular weight excluding hydrogens is 650 g/mol. The van der Waals surface area contributed by atoms with E-state index in [1.54, 1.807) is 10.7 Å². The molecule has 12 nitrogen and oxygen atoms in total. The Morgan fingerprint density at radius 1 is 1.10 bits per heavy atom. The molecule has 2 fully saturated rings. The fourth-order valence-electron chi connectivity index (χ4n) is 5.79. The Kier molecular flexibility index (Phi) is 9.94. The van der Waals surface area contributed by atoms with Gasteiger partial charge >= 0.3 is 6.18 Å². The van der Waals surface area contributed by atoms with Crippen molar-refractivity contribution in [3.8, 4) is 0 Å². The van der Waals surface area contributed by atoms with Crippen molar-refractivity contribution in [3.05, 3.63) is 42.0 Å². The molecule has 3 aromatic heterocycles. The van der Waals surface area contributed by atoms with Gasteiger partial charge < -0.3 is 15.1 Å². The summed E-state index contributed by atoms with van der Waals surface area (Å²) in [6.45, 7) is 12.3. The SMILES string of the molecule is CC(C)n1nccc1C(=O)N[C@H](C(=O)Nc1cn(C(CO[Si](C)(C)C(C)(C)C)c2cnnn2CC(F)(F)F)nc1F)C(C1CC1)C1CC1. The molecule has 2 saturated carbocycles. The Morgan fingerprint density at radius 3 is 2.31 bits per heavy atom. The van der Waals surface area contributed by atoms with Gasteiger partial charge in [-0.3, -0.25) is 19.0 Å². The summed E-state index contributed by atoms with van der Waals surface area (Å²) < 4.78 is 65.6. The lowest BCUT2D eigenvalue weighted by atomic mass is 9.88. The predicted molar refractivity (Wildman–Crippen MR) is 171 cm³/mol. The smallest absolute Gasteiger partial charge is 0.408 e. The topological polar surface area (TPSA) is 134 Å². The van der Waals surface area contributed by atoms with Gasteiger partial charge in [0.05, 0.1) is 24.7 Å². The fraction of sp³-hybridized carbons (Fsp3) is 0.677. The second kappa shape index (κ2) is 13.4. The molecule has 2 aliphatic carbocycles. The van der Waals surface area contributed by atoms with E-state index in [-0.39, 0.29) is 46.8 Å².